The highest BCUT2D eigenvalue weighted by Gasteiger charge is 2.34. The van der Waals surface area contributed by atoms with E-state index in [1.165, 1.54) is 12.4 Å². The van der Waals surface area contributed by atoms with Crippen LogP contribution in [-0.2, 0) is 12.7 Å². The molecule has 4 heterocycles. The van der Waals surface area contributed by atoms with Gasteiger partial charge in [-0.05, 0) is 56.6 Å². The Bertz CT molecular complexity index is 1560. The van der Waals surface area contributed by atoms with E-state index in [-0.39, 0.29) is 16.0 Å². The molecule has 1 aliphatic rings. The van der Waals surface area contributed by atoms with Crippen LogP contribution in [0, 0.1) is 6.92 Å². The van der Waals surface area contributed by atoms with Crippen molar-refractivity contribution in [2.75, 3.05) is 19.6 Å². The molecule has 0 unspecified atom stereocenters. The van der Waals surface area contributed by atoms with E-state index in [4.69, 9.17) is 0 Å². The van der Waals surface area contributed by atoms with Crippen molar-refractivity contribution < 1.29 is 23.1 Å². The number of alkyl halides is 3. The summed E-state index contributed by atoms with van der Waals surface area (Å²) in [5.41, 5.74) is 0.757. The number of carbonyl (C=O) groups is 1. The van der Waals surface area contributed by atoms with Gasteiger partial charge in [0.2, 0.25) is 5.43 Å². The number of rotatable bonds is 6. The maximum atomic E-state index is 13.2. The lowest BCUT2D eigenvalue weighted by Gasteiger charge is -2.18. The van der Waals surface area contributed by atoms with Gasteiger partial charge < -0.3 is 14.6 Å². The van der Waals surface area contributed by atoms with Crippen molar-refractivity contribution in [2.24, 2.45) is 0 Å². The SMILES string of the molecule is Cc1cc(-c2nc(C(F)(F)F)cs2)c(-c2ccc3c(c2)c(=O)c(C(=O)O)cn3CCN2CCCC2)cn1. The minimum Gasteiger partial charge on any atom is -0.477 e. The second kappa shape index (κ2) is 9.71. The summed E-state index contributed by atoms with van der Waals surface area (Å²) in [6.07, 6.45) is 0.618. The highest BCUT2D eigenvalue weighted by Crippen LogP contribution is 2.38. The molecule has 0 spiro atoms. The zero-order chi connectivity index (χ0) is 26.3. The average molecular weight is 529 g/mol. The number of aryl methyl sites for hydroxylation is 1. The molecular weight excluding hydrogens is 505 g/mol. The summed E-state index contributed by atoms with van der Waals surface area (Å²) in [4.78, 5) is 35.4. The Hall–Kier alpha value is -3.57. The first-order valence-corrected chi connectivity index (χ1v) is 12.6. The van der Waals surface area contributed by atoms with Gasteiger partial charge in [-0.15, -0.1) is 11.3 Å². The monoisotopic (exact) mass is 528 g/mol. The predicted octanol–water partition coefficient (Wildman–Crippen LogP) is 5.31. The first kappa shape index (κ1) is 25.1. The van der Waals surface area contributed by atoms with Crippen molar-refractivity contribution in [3.05, 3.63) is 69.2 Å². The van der Waals surface area contributed by atoms with Crippen LogP contribution in [0.3, 0.4) is 0 Å². The number of fused-ring (bicyclic) bond motifs is 1. The van der Waals surface area contributed by atoms with Gasteiger partial charge in [0.1, 0.15) is 10.6 Å². The van der Waals surface area contributed by atoms with Crippen molar-refractivity contribution >= 4 is 28.2 Å². The fourth-order valence-corrected chi connectivity index (χ4v) is 5.51. The van der Waals surface area contributed by atoms with Crippen LogP contribution < -0.4 is 5.43 Å². The molecule has 5 rings (SSSR count). The molecule has 0 aliphatic carbocycles. The number of carboxylic acids is 1. The fourth-order valence-electron chi connectivity index (χ4n) is 4.65. The van der Waals surface area contributed by atoms with E-state index in [1.807, 2.05) is 0 Å². The highest BCUT2D eigenvalue weighted by molar-refractivity contribution is 7.13. The maximum absolute atomic E-state index is 13.2. The Morgan fingerprint density at radius 3 is 2.57 bits per heavy atom. The Morgan fingerprint density at radius 2 is 1.89 bits per heavy atom. The van der Waals surface area contributed by atoms with Crippen LogP contribution in [0.1, 0.15) is 34.6 Å². The molecule has 37 heavy (non-hydrogen) atoms. The summed E-state index contributed by atoms with van der Waals surface area (Å²) in [6.45, 7) is 4.96. The van der Waals surface area contributed by atoms with E-state index in [0.29, 0.717) is 34.4 Å². The second-order valence-electron chi connectivity index (χ2n) is 9.06. The first-order chi connectivity index (χ1) is 17.6. The van der Waals surface area contributed by atoms with E-state index in [0.717, 1.165) is 49.2 Å². The number of likely N-dealkylation sites (tertiary alicyclic amines) is 1. The summed E-state index contributed by atoms with van der Waals surface area (Å²) in [6, 6.07) is 6.75. The smallest absolute Gasteiger partial charge is 0.434 e. The first-order valence-electron chi connectivity index (χ1n) is 11.7. The van der Waals surface area contributed by atoms with E-state index in [9.17, 15) is 27.9 Å². The molecule has 11 heteroatoms. The summed E-state index contributed by atoms with van der Waals surface area (Å²) in [7, 11) is 0. The molecule has 0 atom stereocenters. The second-order valence-corrected chi connectivity index (χ2v) is 9.92. The van der Waals surface area contributed by atoms with Gasteiger partial charge in [-0.25, -0.2) is 9.78 Å². The standard InChI is InChI=1S/C26H23F3N4O3S/c1-15-10-17(24-31-22(14-37-24)26(27,28)29)19(12-30-15)16-4-5-21-18(11-16)23(34)20(25(35)36)13-33(21)9-8-32-6-2-3-7-32/h4-5,10-14H,2-3,6-9H2,1H3,(H,35,36). The van der Waals surface area contributed by atoms with Gasteiger partial charge in [0, 0.05) is 53.1 Å². The number of hydrogen-bond donors (Lipinski definition) is 1. The van der Waals surface area contributed by atoms with Gasteiger partial charge in [-0.2, -0.15) is 13.2 Å². The van der Waals surface area contributed by atoms with Gasteiger partial charge in [0.15, 0.2) is 5.69 Å². The molecule has 1 N–H and O–H groups in total. The van der Waals surface area contributed by atoms with Gasteiger partial charge in [-0.1, -0.05) is 6.07 Å². The number of aromatic carboxylic acids is 1. The Kier molecular flexibility index (Phi) is 6.59. The van der Waals surface area contributed by atoms with Crippen LogP contribution in [-0.4, -0.2) is 50.1 Å². The molecule has 0 radical (unpaired) electrons. The number of aromatic nitrogens is 3. The molecule has 7 nitrogen and oxygen atoms in total. The minimum absolute atomic E-state index is 0.176. The van der Waals surface area contributed by atoms with Gasteiger partial charge in [0.25, 0.3) is 0 Å². The summed E-state index contributed by atoms with van der Waals surface area (Å²) < 4.78 is 41.3. The number of benzene rings is 1. The zero-order valence-corrected chi connectivity index (χ0v) is 20.7. The lowest BCUT2D eigenvalue weighted by Crippen LogP contribution is -2.26. The molecule has 0 saturated carbocycles. The fraction of sp³-hybridized carbons (Fsp3) is 0.308. The largest absolute Gasteiger partial charge is 0.477 e. The van der Waals surface area contributed by atoms with E-state index >= 15 is 0 Å². The molecule has 0 amide bonds. The van der Waals surface area contributed by atoms with Gasteiger partial charge >= 0.3 is 12.1 Å². The quantitative estimate of drug-likeness (QED) is 0.365. The van der Waals surface area contributed by atoms with Crippen molar-refractivity contribution in [3.8, 4) is 21.7 Å². The van der Waals surface area contributed by atoms with Crippen LogP contribution >= 0.6 is 11.3 Å². The van der Waals surface area contributed by atoms with Crippen LogP contribution in [0.2, 0.25) is 0 Å². The van der Waals surface area contributed by atoms with Crippen molar-refractivity contribution in [1.82, 2.24) is 19.4 Å². The van der Waals surface area contributed by atoms with E-state index in [2.05, 4.69) is 14.9 Å². The van der Waals surface area contributed by atoms with Crippen molar-refractivity contribution in [2.45, 2.75) is 32.5 Å². The number of pyridine rings is 2. The number of halogens is 3. The normalized spacial score (nSPS) is 14.5. The molecule has 1 fully saturated rings. The molecule has 1 aliphatic heterocycles. The highest BCUT2D eigenvalue weighted by atomic mass is 32.1. The molecule has 1 saturated heterocycles. The Balaban J connectivity index is 1.63. The minimum atomic E-state index is -4.56. The van der Waals surface area contributed by atoms with Crippen LogP contribution in [0.15, 0.2) is 46.8 Å². The van der Waals surface area contributed by atoms with Gasteiger partial charge in [-0.3, -0.25) is 9.78 Å². The third-order valence-corrected chi connectivity index (χ3v) is 7.42. The molecular formula is C26H23F3N4O3S. The topological polar surface area (TPSA) is 88.3 Å². The Labute approximate surface area is 213 Å². The third-order valence-electron chi connectivity index (χ3n) is 6.54. The van der Waals surface area contributed by atoms with Gasteiger partial charge in [0.05, 0.1) is 5.52 Å². The van der Waals surface area contributed by atoms with Crippen LogP contribution in [0.4, 0.5) is 13.2 Å². The molecule has 0 bridgehead atoms. The number of carboxylic acid groups (broad SMARTS) is 1. The predicted molar refractivity (Wildman–Crippen MR) is 135 cm³/mol. The summed E-state index contributed by atoms with van der Waals surface area (Å²) >= 11 is 0.874. The Morgan fingerprint density at radius 1 is 1.14 bits per heavy atom. The number of nitrogens with zero attached hydrogens (tertiary/aromatic N) is 4. The summed E-state index contributed by atoms with van der Waals surface area (Å²) in [5.74, 6) is -1.31. The maximum Gasteiger partial charge on any atom is 0.434 e. The molecule has 192 valence electrons. The van der Waals surface area contributed by atoms with Crippen LogP contribution in [0.25, 0.3) is 32.6 Å². The van der Waals surface area contributed by atoms with Crippen molar-refractivity contribution in [1.29, 1.82) is 0 Å². The molecule has 3 aromatic heterocycles. The lowest BCUT2D eigenvalue weighted by atomic mass is 9.99. The third kappa shape index (κ3) is 5.01. The number of thiazole rings is 1. The molecule has 1 aromatic carbocycles. The zero-order valence-electron chi connectivity index (χ0n) is 19.9. The number of hydrogen-bond acceptors (Lipinski definition) is 6. The van der Waals surface area contributed by atoms with E-state index in [1.54, 1.807) is 35.8 Å². The molecule has 4 aromatic rings. The average Bonchev–Trinajstić information content (AvgIpc) is 3.56. The van der Waals surface area contributed by atoms with Crippen molar-refractivity contribution in [3.63, 3.8) is 0 Å². The van der Waals surface area contributed by atoms with E-state index < -0.39 is 23.3 Å². The van der Waals surface area contributed by atoms with Crippen LogP contribution in [0.5, 0.6) is 0 Å². The summed E-state index contributed by atoms with van der Waals surface area (Å²) in [5, 5.41) is 11.0. The lowest BCUT2D eigenvalue weighted by molar-refractivity contribution is -0.140.